The van der Waals surface area contributed by atoms with Gasteiger partial charge in [0.1, 0.15) is 0 Å². The van der Waals surface area contributed by atoms with Crippen molar-refractivity contribution in [2.24, 2.45) is 0 Å². The molecule has 4 heteroatoms. The van der Waals surface area contributed by atoms with E-state index in [2.05, 4.69) is 10.6 Å². The molecule has 0 unspecified atom stereocenters. The molecule has 0 aromatic rings. The maximum atomic E-state index is 10.6. The molecule has 0 atom stereocenters. The first kappa shape index (κ1) is 6.62. The van der Waals surface area contributed by atoms with Gasteiger partial charge in [0.15, 0.2) is 0 Å². The molecule has 0 saturated heterocycles. The number of carbonyl (C=O) groups excluding carboxylic acids is 1. The zero-order valence-corrected chi connectivity index (χ0v) is 5.56. The van der Waals surface area contributed by atoms with Crippen molar-refractivity contribution < 1.29 is 4.79 Å². The Bertz CT molecular complexity index is 236. The van der Waals surface area contributed by atoms with Crippen LogP contribution >= 0.6 is 0 Å². The van der Waals surface area contributed by atoms with E-state index in [4.69, 9.17) is 5.26 Å². The van der Waals surface area contributed by atoms with Crippen LogP contribution in [0.1, 0.15) is 6.92 Å². The van der Waals surface area contributed by atoms with Gasteiger partial charge in [-0.2, -0.15) is 5.26 Å². The fourth-order valence-corrected chi connectivity index (χ4v) is 0.715. The van der Waals surface area contributed by atoms with Crippen molar-refractivity contribution in [2.75, 3.05) is 6.54 Å². The molecule has 0 radical (unpaired) electrons. The van der Waals surface area contributed by atoms with Crippen LogP contribution in [0.5, 0.6) is 0 Å². The molecule has 0 spiro atoms. The number of nitriles is 1. The molecular formula is C6H7N3O. The average molecular weight is 137 g/mol. The van der Waals surface area contributed by atoms with E-state index < -0.39 is 0 Å². The van der Waals surface area contributed by atoms with E-state index in [1.807, 2.05) is 6.07 Å². The molecule has 0 aliphatic carbocycles. The molecule has 52 valence electrons. The highest BCUT2D eigenvalue weighted by Gasteiger charge is 2.11. The second kappa shape index (κ2) is 2.40. The van der Waals surface area contributed by atoms with E-state index >= 15 is 0 Å². The first-order valence-electron chi connectivity index (χ1n) is 2.88. The Kier molecular flexibility index (Phi) is 1.59. The highest BCUT2D eigenvalue weighted by molar-refractivity contribution is 5.78. The highest BCUT2D eigenvalue weighted by atomic mass is 16.2. The van der Waals surface area contributed by atoms with Crippen LogP contribution in [0.3, 0.4) is 0 Å². The lowest BCUT2D eigenvalue weighted by molar-refractivity contribution is 0.242. The van der Waals surface area contributed by atoms with Crippen molar-refractivity contribution in [3.05, 3.63) is 11.3 Å². The Labute approximate surface area is 58.5 Å². The molecule has 0 aromatic carbocycles. The van der Waals surface area contributed by atoms with Crippen molar-refractivity contribution >= 4 is 6.03 Å². The van der Waals surface area contributed by atoms with E-state index in [0.717, 1.165) is 0 Å². The number of carbonyl (C=O) groups is 1. The lowest BCUT2D eigenvalue weighted by Gasteiger charge is -2.14. The number of allylic oxidation sites excluding steroid dienone is 1. The first-order chi connectivity index (χ1) is 4.74. The summed E-state index contributed by atoms with van der Waals surface area (Å²) < 4.78 is 0. The Morgan fingerprint density at radius 3 is 2.90 bits per heavy atom. The predicted octanol–water partition coefficient (Wildman–Crippen LogP) is 0.0968. The summed E-state index contributed by atoms with van der Waals surface area (Å²) in [5.41, 5.74) is 1.23. The molecular weight excluding hydrogens is 130 g/mol. The van der Waals surface area contributed by atoms with Crippen LogP contribution in [0.4, 0.5) is 4.79 Å². The van der Waals surface area contributed by atoms with Gasteiger partial charge in [-0.15, -0.1) is 0 Å². The lowest BCUT2D eigenvalue weighted by atomic mass is 10.2. The summed E-state index contributed by atoms with van der Waals surface area (Å²) in [6.07, 6.45) is 0. The quantitative estimate of drug-likeness (QED) is 0.497. The second-order valence-corrected chi connectivity index (χ2v) is 2.02. The van der Waals surface area contributed by atoms with Crippen molar-refractivity contribution in [3.8, 4) is 6.07 Å². The van der Waals surface area contributed by atoms with Crippen LogP contribution in [0.2, 0.25) is 0 Å². The smallest absolute Gasteiger partial charge is 0.319 e. The topological polar surface area (TPSA) is 64.9 Å². The van der Waals surface area contributed by atoms with Gasteiger partial charge in [0, 0.05) is 5.70 Å². The molecule has 2 N–H and O–H groups in total. The summed E-state index contributed by atoms with van der Waals surface area (Å²) in [6.45, 7) is 2.05. The monoisotopic (exact) mass is 137 g/mol. The summed E-state index contributed by atoms with van der Waals surface area (Å²) >= 11 is 0. The van der Waals surface area contributed by atoms with E-state index in [1.165, 1.54) is 0 Å². The summed E-state index contributed by atoms with van der Waals surface area (Å²) in [7, 11) is 0. The van der Waals surface area contributed by atoms with Crippen molar-refractivity contribution in [1.82, 2.24) is 10.6 Å². The number of hydrogen-bond donors (Lipinski definition) is 2. The molecule has 2 amide bonds. The second-order valence-electron chi connectivity index (χ2n) is 2.02. The fourth-order valence-electron chi connectivity index (χ4n) is 0.715. The Morgan fingerprint density at radius 2 is 2.40 bits per heavy atom. The molecule has 1 aliphatic heterocycles. The Hall–Kier alpha value is -1.50. The van der Waals surface area contributed by atoms with Crippen LogP contribution in [-0.2, 0) is 0 Å². The van der Waals surface area contributed by atoms with Crippen LogP contribution < -0.4 is 10.6 Å². The maximum Gasteiger partial charge on any atom is 0.319 e. The van der Waals surface area contributed by atoms with Gasteiger partial charge in [-0.25, -0.2) is 4.79 Å². The third-order valence-corrected chi connectivity index (χ3v) is 1.31. The van der Waals surface area contributed by atoms with Gasteiger partial charge in [0.05, 0.1) is 18.2 Å². The van der Waals surface area contributed by atoms with E-state index in [0.29, 0.717) is 17.8 Å². The van der Waals surface area contributed by atoms with Gasteiger partial charge in [-0.05, 0) is 6.92 Å². The third kappa shape index (κ3) is 1.08. The first-order valence-corrected chi connectivity index (χ1v) is 2.88. The summed E-state index contributed by atoms with van der Waals surface area (Å²) in [6, 6.07) is 1.74. The fraction of sp³-hybridized carbons (Fsp3) is 0.333. The van der Waals surface area contributed by atoms with Gasteiger partial charge in [0.2, 0.25) is 0 Å². The molecule has 4 nitrogen and oxygen atoms in total. The summed E-state index contributed by atoms with van der Waals surface area (Å²) in [4.78, 5) is 10.6. The maximum absolute atomic E-state index is 10.6. The molecule has 10 heavy (non-hydrogen) atoms. The molecule has 1 heterocycles. The minimum absolute atomic E-state index is 0.239. The summed E-state index contributed by atoms with van der Waals surface area (Å²) in [5.74, 6) is 0. The zero-order valence-electron chi connectivity index (χ0n) is 5.56. The number of urea groups is 1. The predicted molar refractivity (Wildman–Crippen MR) is 34.8 cm³/mol. The number of nitrogens with one attached hydrogen (secondary N) is 2. The average Bonchev–Trinajstić information content (AvgIpc) is 1.88. The number of hydrogen-bond acceptors (Lipinski definition) is 2. The van der Waals surface area contributed by atoms with Gasteiger partial charge >= 0.3 is 6.03 Å². The van der Waals surface area contributed by atoms with Crippen molar-refractivity contribution in [3.63, 3.8) is 0 Å². The molecule has 0 saturated carbocycles. The minimum Gasteiger partial charge on any atom is -0.333 e. The van der Waals surface area contributed by atoms with Crippen LogP contribution in [-0.4, -0.2) is 12.6 Å². The van der Waals surface area contributed by atoms with E-state index in [1.54, 1.807) is 6.92 Å². The van der Waals surface area contributed by atoms with Crippen LogP contribution in [0, 0.1) is 11.3 Å². The summed E-state index contributed by atoms with van der Waals surface area (Å²) in [5, 5.41) is 13.4. The normalized spacial score (nSPS) is 17.4. The van der Waals surface area contributed by atoms with Crippen molar-refractivity contribution in [1.29, 1.82) is 5.26 Å². The molecule has 0 bridgehead atoms. The van der Waals surface area contributed by atoms with E-state index in [9.17, 15) is 4.79 Å². The largest absolute Gasteiger partial charge is 0.333 e. The molecule has 0 fully saturated rings. The van der Waals surface area contributed by atoms with Crippen LogP contribution in [0.15, 0.2) is 11.3 Å². The molecule has 0 aromatic heterocycles. The third-order valence-electron chi connectivity index (χ3n) is 1.31. The van der Waals surface area contributed by atoms with Crippen LogP contribution in [0.25, 0.3) is 0 Å². The minimum atomic E-state index is -0.239. The Morgan fingerprint density at radius 1 is 1.70 bits per heavy atom. The highest BCUT2D eigenvalue weighted by Crippen LogP contribution is 2.01. The van der Waals surface area contributed by atoms with Gasteiger partial charge in [-0.3, -0.25) is 0 Å². The Balaban J connectivity index is 2.83. The SMILES string of the molecule is CC1=C(C#N)CNC(=O)N1. The van der Waals surface area contributed by atoms with Crippen molar-refractivity contribution in [2.45, 2.75) is 6.92 Å². The molecule has 1 rings (SSSR count). The molecule has 1 aliphatic rings. The van der Waals surface area contributed by atoms with Gasteiger partial charge in [0.25, 0.3) is 0 Å². The van der Waals surface area contributed by atoms with Gasteiger partial charge in [-0.1, -0.05) is 0 Å². The number of rotatable bonds is 0. The van der Waals surface area contributed by atoms with Gasteiger partial charge < -0.3 is 10.6 Å². The van der Waals surface area contributed by atoms with E-state index in [-0.39, 0.29) is 6.03 Å². The standard InChI is InChI=1S/C6H7N3O/c1-4-5(2-7)3-8-6(10)9-4/h3H2,1H3,(H2,8,9,10). The lowest BCUT2D eigenvalue weighted by Crippen LogP contribution is -2.40. The number of amides is 2. The zero-order chi connectivity index (χ0) is 7.56. The number of nitrogens with zero attached hydrogens (tertiary/aromatic N) is 1.